The van der Waals surface area contributed by atoms with Crippen LogP contribution in [0.1, 0.15) is 113 Å². The second kappa shape index (κ2) is 14.9. The zero-order valence-corrected chi connectivity index (χ0v) is 35.8. The fraction of sp³-hybridized carbons (Fsp3) is 0.927. The Hall–Kier alpha value is -1.32. The van der Waals surface area contributed by atoms with Crippen molar-refractivity contribution in [2.24, 2.45) is 39.4 Å². The monoisotopic (exact) mass is 846 g/mol. The van der Waals surface area contributed by atoms with Crippen molar-refractivity contribution < 1.29 is 76.3 Å². The van der Waals surface area contributed by atoms with Gasteiger partial charge in [-0.15, -0.1) is 0 Å². The molecule has 3 saturated heterocycles. The van der Waals surface area contributed by atoms with Gasteiger partial charge in [0.15, 0.2) is 12.6 Å². The van der Waals surface area contributed by atoms with Gasteiger partial charge in [0.1, 0.15) is 53.2 Å². The summed E-state index contributed by atoms with van der Waals surface area (Å²) in [6.07, 6.45) is -8.00. The number of rotatable bonds is 10. The lowest BCUT2D eigenvalue weighted by molar-refractivity contribution is -0.362. The Kier molecular flexibility index (Phi) is 11.5. The van der Waals surface area contributed by atoms with E-state index >= 15 is 0 Å². The minimum absolute atomic E-state index is 0.00676. The summed E-state index contributed by atoms with van der Waals surface area (Å²) in [5, 5.41) is 67.9. The number of allylic oxidation sites excluding steroid dienone is 1. The van der Waals surface area contributed by atoms with Crippen molar-refractivity contribution in [3.8, 4) is 0 Å². The van der Waals surface area contributed by atoms with Crippen molar-refractivity contribution in [2.75, 3.05) is 6.61 Å². The minimum atomic E-state index is -5.03. The minimum Gasteiger partial charge on any atom is -0.456 e. The van der Waals surface area contributed by atoms with E-state index in [4.69, 9.17) is 23.7 Å². The predicted octanol–water partition coefficient (Wildman–Crippen LogP) is 2.30. The van der Waals surface area contributed by atoms with E-state index in [2.05, 4.69) is 45.7 Å². The van der Waals surface area contributed by atoms with Crippen LogP contribution in [-0.2, 0) is 43.1 Å². The molecule has 3 aliphatic heterocycles. The van der Waals surface area contributed by atoms with Crippen molar-refractivity contribution in [1.29, 1.82) is 0 Å². The summed E-state index contributed by atoms with van der Waals surface area (Å²) in [5.41, 5.74) is -4.89. The first-order chi connectivity index (χ1) is 26.8. The van der Waals surface area contributed by atoms with Crippen LogP contribution in [0.25, 0.3) is 0 Å². The van der Waals surface area contributed by atoms with Gasteiger partial charge in [-0.2, -0.15) is 8.42 Å². The fourth-order valence-corrected chi connectivity index (χ4v) is 13.7. The van der Waals surface area contributed by atoms with Gasteiger partial charge in [-0.1, -0.05) is 59.6 Å². The number of carbonyl (C=O) groups excluding carboxylic acids is 1. The van der Waals surface area contributed by atoms with Gasteiger partial charge in [-0.3, -0.25) is 9.35 Å². The number of hydrogen-bond acceptors (Lipinski definition) is 15. The SMILES string of the molecule is CC(C)CCC[C@]1(C)OC(=O)[C@]23[C@@H](O)C=C4[C@@H](CC[C@@H]5C(C)(C)[C@@H](O[C@@H]6OC[C@H](OS(=O)(=O)O)[C@@H](O)[C@H]6O[C@@H]6O[C@@H](C)[C@H](O)[C@@H](O)[C@@H]6O)CC[C@]45C)[C@]2(C)CC[C@@]31O. The maximum atomic E-state index is 14.3. The molecule has 0 aromatic carbocycles. The Balaban J connectivity index is 1.15. The molecule has 0 aromatic heterocycles. The molecule has 1 spiro atoms. The summed E-state index contributed by atoms with van der Waals surface area (Å²) in [4.78, 5) is 14.3. The number of esters is 1. The van der Waals surface area contributed by atoms with Gasteiger partial charge in [0.25, 0.3) is 0 Å². The van der Waals surface area contributed by atoms with Crippen LogP contribution in [0.3, 0.4) is 0 Å². The molecule has 7 aliphatic rings. The number of cyclic esters (lactones) is 1. The van der Waals surface area contributed by atoms with E-state index in [1.807, 2.05) is 13.0 Å². The molecule has 0 bridgehead atoms. The number of hydrogen-bond donors (Lipinski definition) is 7. The maximum absolute atomic E-state index is 14.3. The lowest BCUT2D eigenvalue weighted by Crippen LogP contribution is -2.68. The molecule has 0 radical (unpaired) electrons. The fourth-order valence-electron chi connectivity index (χ4n) is 13.2. The highest BCUT2D eigenvalue weighted by atomic mass is 32.3. The molecule has 7 rings (SSSR count). The molecule has 3 heterocycles. The van der Waals surface area contributed by atoms with Crippen LogP contribution in [0.2, 0.25) is 0 Å². The van der Waals surface area contributed by atoms with Gasteiger partial charge >= 0.3 is 16.4 Å². The maximum Gasteiger partial charge on any atom is 0.397 e. The average molecular weight is 847 g/mol. The van der Waals surface area contributed by atoms with Crippen LogP contribution in [0.15, 0.2) is 11.6 Å². The molecule has 0 amide bonds. The average Bonchev–Trinajstić information content (AvgIpc) is 3.48. The molecule has 7 N–H and O–H groups in total. The smallest absolute Gasteiger partial charge is 0.397 e. The summed E-state index contributed by atoms with van der Waals surface area (Å²) in [7, 11) is -5.03. The van der Waals surface area contributed by atoms with E-state index in [9.17, 15) is 48.4 Å². The molecule has 18 atom stereocenters. The number of carbonyl (C=O) groups is 1. The first-order valence-corrected chi connectivity index (χ1v) is 22.5. The van der Waals surface area contributed by atoms with Gasteiger partial charge in [0.05, 0.1) is 24.9 Å². The van der Waals surface area contributed by atoms with Crippen molar-refractivity contribution in [3.63, 3.8) is 0 Å². The summed E-state index contributed by atoms with van der Waals surface area (Å²) in [6.45, 7) is 15.5. The summed E-state index contributed by atoms with van der Waals surface area (Å²) in [5.74, 6) is -0.164. The molecule has 17 heteroatoms. The van der Waals surface area contributed by atoms with Gasteiger partial charge in [-0.25, -0.2) is 4.18 Å². The van der Waals surface area contributed by atoms with E-state index in [1.54, 1.807) is 0 Å². The Labute approximate surface area is 341 Å². The van der Waals surface area contributed by atoms with Gasteiger partial charge in [0, 0.05) is 0 Å². The molecular weight excluding hydrogens is 781 g/mol. The van der Waals surface area contributed by atoms with Crippen molar-refractivity contribution >= 4 is 16.4 Å². The largest absolute Gasteiger partial charge is 0.456 e. The van der Waals surface area contributed by atoms with Crippen LogP contribution in [0.4, 0.5) is 0 Å². The van der Waals surface area contributed by atoms with E-state index < -0.39 is 123 Å². The Morgan fingerprint density at radius 3 is 2.24 bits per heavy atom. The lowest BCUT2D eigenvalue weighted by atomic mass is 9.40. The van der Waals surface area contributed by atoms with Crippen LogP contribution in [0.5, 0.6) is 0 Å². The van der Waals surface area contributed by atoms with Crippen LogP contribution in [-0.4, -0.2) is 135 Å². The molecule has 4 aliphatic carbocycles. The van der Waals surface area contributed by atoms with E-state index in [1.165, 1.54) is 6.92 Å². The normalized spacial score (nSPS) is 51.3. The number of fused-ring (bicyclic) bond motifs is 4. The van der Waals surface area contributed by atoms with Gasteiger partial charge in [0.2, 0.25) is 0 Å². The van der Waals surface area contributed by atoms with Crippen LogP contribution < -0.4 is 0 Å². The molecular formula is C41H66O16S. The molecule has 6 fully saturated rings. The second-order valence-corrected chi connectivity index (χ2v) is 21.2. The molecule has 58 heavy (non-hydrogen) atoms. The standard InChI is InChI=1S/C41H66O16S/c1-20(2)10-9-14-39(8)40(48)17-16-38(7)22-11-12-25-36(4,5)27(13-15-37(25,6)23(22)18-26(42)41(38,40)35(47)56-39)54-34-32(29(44)24(19-52-34)57-58(49,50)51)55-33-31(46)30(45)28(43)21(3)53-33/h18,20-22,24-34,42-46,48H,9-17,19H2,1-8H3,(H,49,50,51)/t21-,22+,24-,25+,26-,27-,28-,29+,30+,31-,32+,33-,34-,37+,38-,39-,40-,41+/m0/s1. The predicted molar refractivity (Wildman–Crippen MR) is 204 cm³/mol. The highest BCUT2D eigenvalue weighted by molar-refractivity contribution is 7.80. The molecule has 0 aromatic rings. The summed E-state index contributed by atoms with van der Waals surface area (Å²) in [6, 6.07) is 0. The Bertz CT molecular complexity index is 1720. The molecule has 0 unspecified atom stereocenters. The van der Waals surface area contributed by atoms with Gasteiger partial charge in [-0.05, 0) is 99.2 Å². The topological polar surface area (TPSA) is 248 Å². The van der Waals surface area contributed by atoms with Crippen molar-refractivity contribution in [1.82, 2.24) is 0 Å². The zero-order chi connectivity index (χ0) is 42.8. The first kappa shape index (κ1) is 44.7. The van der Waals surface area contributed by atoms with E-state index in [0.29, 0.717) is 44.4 Å². The van der Waals surface area contributed by atoms with Crippen molar-refractivity contribution in [2.45, 2.75) is 192 Å². The number of aliphatic hydroxyl groups excluding tert-OH is 5. The molecule has 16 nitrogen and oxygen atoms in total. The highest BCUT2D eigenvalue weighted by Crippen LogP contribution is 2.77. The van der Waals surface area contributed by atoms with E-state index in [-0.39, 0.29) is 11.8 Å². The van der Waals surface area contributed by atoms with E-state index in [0.717, 1.165) is 24.8 Å². The summed E-state index contributed by atoms with van der Waals surface area (Å²) < 4.78 is 67.8. The van der Waals surface area contributed by atoms with Crippen molar-refractivity contribution in [3.05, 3.63) is 11.6 Å². The Morgan fingerprint density at radius 1 is 0.897 bits per heavy atom. The quantitative estimate of drug-likeness (QED) is 0.0722. The Morgan fingerprint density at radius 2 is 1.59 bits per heavy atom. The third-order valence-corrected chi connectivity index (χ3v) is 16.8. The van der Waals surface area contributed by atoms with Crippen LogP contribution in [0, 0.1) is 39.4 Å². The van der Waals surface area contributed by atoms with Crippen LogP contribution >= 0.6 is 0 Å². The molecule has 332 valence electrons. The first-order valence-electron chi connectivity index (χ1n) is 21.1. The molecule has 3 saturated carbocycles. The zero-order valence-electron chi connectivity index (χ0n) is 34.9. The number of aliphatic hydroxyl groups is 6. The third kappa shape index (κ3) is 6.50. The number of ether oxygens (including phenoxy) is 5. The lowest BCUT2D eigenvalue weighted by Gasteiger charge is -2.64. The third-order valence-electron chi connectivity index (χ3n) is 16.3. The second-order valence-electron chi connectivity index (χ2n) is 20.2. The van der Waals surface area contributed by atoms with Gasteiger partial charge < -0.3 is 54.3 Å². The highest BCUT2D eigenvalue weighted by Gasteiger charge is 2.85. The summed E-state index contributed by atoms with van der Waals surface area (Å²) >= 11 is 0.